The van der Waals surface area contributed by atoms with Crippen LogP contribution in [-0.4, -0.2) is 85.6 Å². The molecule has 0 aliphatic heterocycles. The highest BCUT2D eigenvalue weighted by molar-refractivity contribution is 7.81. The Hall–Kier alpha value is -0.660. The van der Waals surface area contributed by atoms with Gasteiger partial charge in [0.15, 0.2) is 0 Å². The Labute approximate surface area is 169 Å². The first-order chi connectivity index (χ1) is 12.1. The van der Waals surface area contributed by atoms with Gasteiger partial charge in [-0.05, 0) is 6.42 Å². The van der Waals surface area contributed by atoms with Crippen molar-refractivity contribution in [2.24, 2.45) is 5.41 Å². The number of thiol groups is 3. The minimum absolute atomic E-state index is 0.0833. The van der Waals surface area contributed by atoms with Crippen LogP contribution >= 0.6 is 37.9 Å². The maximum Gasteiger partial charge on any atom is 0.313 e. The van der Waals surface area contributed by atoms with E-state index in [0.717, 1.165) is 0 Å². The lowest BCUT2D eigenvalue weighted by atomic mass is 9.88. The van der Waals surface area contributed by atoms with Crippen LogP contribution in [-0.2, 0) is 14.4 Å². The van der Waals surface area contributed by atoms with E-state index in [0.29, 0.717) is 17.9 Å². The SMILES string of the molecule is CCC(CO)(CO)CO.O=C(O)CCS.O=C(O)CCS.O=C(O)CS. The number of hydrogen-bond acceptors (Lipinski definition) is 9. The van der Waals surface area contributed by atoms with Crippen molar-refractivity contribution in [1.82, 2.24) is 0 Å². The topological polar surface area (TPSA) is 173 Å². The average Bonchev–Trinajstić information content (AvgIpc) is 2.59. The first-order valence-corrected chi connectivity index (χ1v) is 9.26. The number of carbonyl (C=O) groups is 3. The van der Waals surface area contributed by atoms with Crippen molar-refractivity contribution in [3.63, 3.8) is 0 Å². The maximum atomic E-state index is 9.55. The van der Waals surface area contributed by atoms with Gasteiger partial charge in [-0.3, -0.25) is 14.4 Å². The van der Waals surface area contributed by atoms with E-state index in [1.54, 1.807) is 0 Å². The van der Waals surface area contributed by atoms with E-state index in [-0.39, 0.29) is 38.4 Å². The Bertz CT molecular complexity index is 317. The molecule has 26 heavy (non-hydrogen) atoms. The summed E-state index contributed by atoms with van der Waals surface area (Å²) in [5.74, 6) is -1.69. The van der Waals surface area contributed by atoms with Gasteiger partial charge in [-0.1, -0.05) is 6.92 Å². The summed E-state index contributed by atoms with van der Waals surface area (Å²) in [5, 5.41) is 49.3. The van der Waals surface area contributed by atoms with Crippen molar-refractivity contribution in [2.75, 3.05) is 37.1 Å². The molecular formula is C14H30O9S3. The van der Waals surface area contributed by atoms with Gasteiger partial charge in [0, 0.05) is 16.9 Å². The molecule has 0 spiro atoms. The number of aliphatic carboxylic acids is 3. The standard InChI is InChI=1S/C6H14O3.2C3H6O2S.C2H4O2S/c1-2-6(3-7,4-8)5-9;2*4-3(5)1-2-6;3-2(4)1-5/h7-9H,2-5H2,1H3;2*6H,1-2H2,(H,4,5);5H,1H2,(H,3,4). The monoisotopic (exact) mass is 438 g/mol. The lowest BCUT2D eigenvalue weighted by Gasteiger charge is -2.24. The van der Waals surface area contributed by atoms with E-state index >= 15 is 0 Å². The normalized spacial score (nSPS) is 9.35. The van der Waals surface area contributed by atoms with Crippen LogP contribution in [0.3, 0.4) is 0 Å². The third kappa shape index (κ3) is 31.1. The molecule has 0 aliphatic carbocycles. The van der Waals surface area contributed by atoms with Crippen LogP contribution in [0.15, 0.2) is 0 Å². The second kappa shape index (κ2) is 24.3. The maximum absolute atomic E-state index is 9.55. The number of hydrogen-bond donors (Lipinski definition) is 9. The molecule has 0 atom stereocenters. The van der Waals surface area contributed by atoms with Crippen LogP contribution in [0, 0.1) is 5.41 Å². The molecule has 0 unspecified atom stereocenters. The van der Waals surface area contributed by atoms with Crippen LogP contribution in [0.25, 0.3) is 0 Å². The largest absolute Gasteiger partial charge is 0.481 e. The van der Waals surface area contributed by atoms with Crippen LogP contribution < -0.4 is 0 Å². The van der Waals surface area contributed by atoms with Gasteiger partial charge in [-0.2, -0.15) is 37.9 Å². The summed E-state index contributed by atoms with van der Waals surface area (Å²) in [7, 11) is 0. The molecule has 0 saturated heterocycles. The number of aliphatic hydroxyl groups is 3. The van der Waals surface area contributed by atoms with Crippen molar-refractivity contribution in [3.8, 4) is 0 Å². The van der Waals surface area contributed by atoms with Crippen molar-refractivity contribution in [1.29, 1.82) is 0 Å². The van der Waals surface area contributed by atoms with E-state index in [1.165, 1.54) is 0 Å². The summed E-state index contributed by atoms with van der Waals surface area (Å²) >= 11 is 10.8. The molecule has 0 aromatic carbocycles. The number of aliphatic hydroxyl groups excluding tert-OH is 3. The Balaban J connectivity index is -0.000000128. The fraction of sp³-hybridized carbons (Fsp3) is 0.786. The molecule has 0 saturated carbocycles. The first kappa shape index (κ1) is 33.0. The summed E-state index contributed by atoms with van der Waals surface area (Å²) < 4.78 is 0. The van der Waals surface area contributed by atoms with Crippen molar-refractivity contribution < 1.29 is 45.0 Å². The van der Waals surface area contributed by atoms with Gasteiger partial charge in [-0.25, -0.2) is 0 Å². The van der Waals surface area contributed by atoms with Gasteiger partial charge < -0.3 is 30.6 Å². The molecule has 0 amide bonds. The summed E-state index contributed by atoms with van der Waals surface area (Å²) in [6, 6.07) is 0. The van der Waals surface area contributed by atoms with E-state index < -0.39 is 23.3 Å². The van der Waals surface area contributed by atoms with Crippen molar-refractivity contribution in [3.05, 3.63) is 0 Å². The van der Waals surface area contributed by atoms with Crippen LogP contribution in [0.5, 0.6) is 0 Å². The molecule has 0 heterocycles. The summed E-state index contributed by atoms with van der Waals surface area (Å²) in [4.78, 5) is 28.4. The third-order valence-corrected chi connectivity index (χ3v) is 3.26. The molecular weight excluding hydrogens is 408 g/mol. The molecule has 0 radical (unpaired) electrons. The summed E-state index contributed by atoms with van der Waals surface area (Å²) in [5.41, 5.74) is -0.667. The summed E-state index contributed by atoms with van der Waals surface area (Å²) in [6.45, 7) is 1.35. The van der Waals surface area contributed by atoms with E-state index in [1.807, 2.05) is 6.92 Å². The smallest absolute Gasteiger partial charge is 0.313 e. The summed E-state index contributed by atoms with van der Waals surface area (Å²) in [6.07, 6.45) is 0.905. The molecule has 0 aliphatic rings. The second-order valence-corrected chi connectivity index (χ2v) is 5.83. The highest BCUT2D eigenvalue weighted by atomic mass is 32.1. The quantitative estimate of drug-likeness (QED) is 0.227. The number of rotatable bonds is 9. The molecule has 0 aromatic heterocycles. The van der Waals surface area contributed by atoms with Crippen molar-refractivity contribution in [2.45, 2.75) is 26.2 Å². The second-order valence-electron chi connectivity index (χ2n) is 4.61. The molecule has 12 heteroatoms. The van der Waals surface area contributed by atoms with E-state index in [4.69, 9.17) is 30.6 Å². The van der Waals surface area contributed by atoms with Gasteiger partial charge >= 0.3 is 17.9 Å². The molecule has 0 aromatic rings. The zero-order valence-corrected chi connectivity index (χ0v) is 17.3. The highest BCUT2D eigenvalue weighted by Crippen LogP contribution is 2.18. The lowest BCUT2D eigenvalue weighted by molar-refractivity contribution is -0.137. The highest BCUT2D eigenvalue weighted by Gasteiger charge is 2.24. The first-order valence-electron chi connectivity index (χ1n) is 7.36. The Morgan fingerprint density at radius 2 is 1.00 bits per heavy atom. The van der Waals surface area contributed by atoms with E-state index in [9.17, 15) is 14.4 Å². The molecule has 9 nitrogen and oxygen atoms in total. The van der Waals surface area contributed by atoms with Crippen LogP contribution in [0.1, 0.15) is 26.2 Å². The predicted octanol–water partition coefficient (Wildman–Crippen LogP) is 0.142. The molecule has 0 fully saturated rings. The third-order valence-electron chi connectivity index (χ3n) is 2.54. The van der Waals surface area contributed by atoms with Gasteiger partial charge in [0.1, 0.15) is 0 Å². The van der Waals surface area contributed by atoms with Gasteiger partial charge in [0.05, 0.1) is 38.4 Å². The van der Waals surface area contributed by atoms with Gasteiger partial charge in [-0.15, -0.1) is 0 Å². The zero-order chi connectivity index (χ0) is 21.6. The minimum Gasteiger partial charge on any atom is -0.481 e. The van der Waals surface area contributed by atoms with Gasteiger partial charge in [0.25, 0.3) is 0 Å². The minimum atomic E-state index is -0.881. The lowest BCUT2D eigenvalue weighted by Crippen LogP contribution is -2.32. The van der Waals surface area contributed by atoms with Crippen LogP contribution in [0.2, 0.25) is 0 Å². The fourth-order valence-corrected chi connectivity index (χ4v) is 1.06. The predicted molar refractivity (Wildman–Crippen MR) is 108 cm³/mol. The molecule has 0 rings (SSSR count). The fourth-order valence-electron chi connectivity index (χ4n) is 0.677. The van der Waals surface area contributed by atoms with Crippen LogP contribution in [0.4, 0.5) is 0 Å². The average molecular weight is 439 g/mol. The van der Waals surface area contributed by atoms with Crippen molar-refractivity contribution >= 4 is 55.8 Å². The Kier molecular flexibility index (Phi) is 30.9. The van der Waals surface area contributed by atoms with E-state index in [2.05, 4.69) is 37.9 Å². The molecule has 6 N–H and O–H groups in total. The Morgan fingerprint density at radius 3 is 1.00 bits per heavy atom. The Morgan fingerprint density at radius 1 is 0.731 bits per heavy atom. The molecule has 0 bridgehead atoms. The number of carboxylic acid groups (broad SMARTS) is 3. The zero-order valence-electron chi connectivity index (χ0n) is 14.6. The van der Waals surface area contributed by atoms with Gasteiger partial charge in [0.2, 0.25) is 0 Å². The number of carboxylic acids is 3. The molecule has 158 valence electrons.